The molecule has 0 radical (unpaired) electrons. The van der Waals surface area contributed by atoms with E-state index < -0.39 is 0 Å². The van der Waals surface area contributed by atoms with Gasteiger partial charge in [0, 0.05) is 19.1 Å². The number of carbonyl (C=O) groups is 1. The van der Waals surface area contributed by atoms with E-state index in [4.69, 9.17) is 0 Å². The van der Waals surface area contributed by atoms with Gasteiger partial charge in [-0.05, 0) is 38.4 Å². The van der Waals surface area contributed by atoms with Crippen LogP contribution >= 0.6 is 0 Å². The third-order valence-electron chi connectivity index (χ3n) is 4.24. The number of rotatable bonds is 7. The molecular formula is C18H29N3O. The van der Waals surface area contributed by atoms with Crippen molar-refractivity contribution in [1.82, 2.24) is 15.5 Å². The van der Waals surface area contributed by atoms with Crippen molar-refractivity contribution in [3.8, 4) is 0 Å². The van der Waals surface area contributed by atoms with E-state index in [9.17, 15) is 4.79 Å². The van der Waals surface area contributed by atoms with Crippen molar-refractivity contribution in [3.63, 3.8) is 0 Å². The van der Waals surface area contributed by atoms with E-state index in [-0.39, 0.29) is 6.03 Å². The summed E-state index contributed by atoms with van der Waals surface area (Å²) in [5, 5.41) is 6.06. The highest BCUT2D eigenvalue weighted by atomic mass is 16.2. The van der Waals surface area contributed by atoms with Crippen LogP contribution in [-0.4, -0.2) is 37.1 Å². The number of nitrogens with one attached hydrogen (secondary N) is 2. The van der Waals surface area contributed by atoms with Gasteiger partial charge in [0.15, 0.2) is 0 Å². The van der Waals surface area contributed by atoms with Gasteiger partial charge in [-0.3, -0.25) is 0 Å². The molecule has 1 saturated carbocycles. The molecule has 0 aliphatic heterocycles. The van der Waals surface area contributed by atoms with E-state index in [1.807, 2.05) is 6.07 Å². The van der Waals surface area contributed by atoms with Gasteiger partial charge in [-0.1, -0.05) is 49.6 Å². The summed E-state index contributed by atoms with van der Waals surface area (Å²) in [6.45, 7) is 2.67. The maximum absolute atomic E-state index is 11.8. The van der Waals surface area contributed by atoms with E-state index in [0.717, 1.165) is 38.9 Å². The summed E-state index contributed by atoms with van der Waals surface area (Å²) >= 11 is 0. The Bertz CT molecular complexity index is 429. The number of hydrogen-bond donors (Lipinski definition) is 2. The number of amides is 2. The topological polar surface area (TPSA) is 44.4 Å². The highest BCUT2D eigenvalue weighted by Gasteiger charge is 2.14. The minimum atomic E-state index is -0.00221. The molecule has 0 aromatic heterocycles. The average Bonchev–Trinajstić information content (AvgIpc) is 2.53. The van der Waals surface area contributed by atoms with Crippen LogP contribution in [0.25, 0.3) is 0 Å². The summed E-state index contributed by atoms with van der Waals surface area (Å²) in [7, 11) is 2.12. The first kappa shape index (κ1) is 16.8. The first-order valence-electron chi connectivity index (χ1n) is 8.51. The monoisotopic (exact) mass is 303 g/mol. The quantitative estimate of drug-likeness (QED) is 0.760. The third-order valence-corrected chi connectivity index (χ3v) is 4.24. The Morgan fingerprint density at radius 3 is 2.64 bits per heavy atom. The van der Waals surface area contributed by atoms with Gasteiger partial charge in [-0.2, -0.15) is 0 Å². The molecule has 0 spiro atoms. The molecule has 0 unspecified atom stereocenters. The van der Waals surface area contributed by atoms with Crippen LogP contribution in [0.3, 0.4) is 0 Å². The molecule has 0 atom stereocenters. The average molecular weight is 303 g/mol. The van der Waals surface area contributed by atoms with Crippen LogP contribution in [0.1, 0.15) is 44.1 Å². The van der Waals surface area contributed by atoms with Crippen LogP contribution in [0.5, 0.6) is 0 Å². The third kappa shape index (κ3) is 6.48. The van der Waals surface area contributed by atoms with Gasteiger partial charge in [-0.25, -0.2) is 4.79 Å². The fraction of sp³-hybridized carbons (Fsp3) is 0.611. The van der Waals surface area contributed by atoms with Crippen molar-refractivity contribution in [2.24, 2.45) is 0 Å². The fourth-order valence-electron chi connectivity index (χ4n) is 3.01. The molecule has 4 nitrogen and oxygen atoms in total. The molecular weight excluding hydrogens is 274 g/mol. The molecule has 2 N–H and O–H groups in total. The van der Waals surface area contributed by atoms with E-state index in [1.165, 1.54) is 24.8 Å². The zero-order chi connectivity index (χ0) is 15.6. The molecule has 22 heavy (non-hydrogen) atoms. The molecule has 1 aliphatic rings. The lowest BCUT2D eigenvalue weighted by atomic mass is 9.96. The maximum atomic E-state index is 11.8. The molecule has 2 rings (SSSR count). The number of nitrogens with zero attached hydrogens (tertiary/aromatic N) is 1. The number of carbonyl (C=O) groups excluding carboxylic acids is 1. The van der Waals surface area contributed by atoms with Crippen molar-refractivity contribution in [3.05, 3.63) is 35.9 Å². The van der Waals surface area contributed by atoms with Crippen LogP contribution in [0.2, 0.25) is 0 Å². The van der Waals surface area contributed by atoms with E-state index >= 15 is 0 Å². The predicted octanol–water partition coefficient (Wildman–Crippen LogP) is 3.14. The van der Waals surface area contributed by atoms with Gasteiger partial charge >= 0.3 is 6.03 Å². The van der Waals surface area contributed by atoms with Crippen LogP contribution in [-0.2, 0) is 6.54 Å². The largest absolute Gasteiger partial charge is 0.338 e. The molecule has 0 saturated heterocycles. The molecule has 1 aliphatic carbocycles. The Balaban J connectivity index is 1.53. The van der Waals surface area contributed by atoms with Gasteiger partial charge in [0.25, 0.3) is 0 Å². The first-order chi connectivity index (χ1) is 10.7. The lowest BCUT2D eigenvalue weighted by Crippen LogP contribution is -2.43. The predicted molar refractivity (Wildman–Crippen MR) is 90.8 cm³/mol. The summed E-state index contributed by atoms with van der Waals surface area (Å²) in [6.07, 6.45) is 7.04. The second-order valence-electron chi connectivity index (χ2n) is 6.31. The standard InChI is InChI=1S/C18H29N3O/c1-21(15-16-9-4-2-5-10-16)14-8-13-19-18(22)20-17-11-6-3-7-12-17/h2,4-5,9-10,17H,3,6-8,11-15H2,1H3,(H2,19,20,22). The molecule has 4 heteroatoms. The fourth-order valence-corrected chi connectivity index (χ4v) is 3.01. The van der Waals surface area contributed by atoms with E-state index in [0.29, 0.717) is 6.04 Å². The summed E-state index contributed by atoms with van der Waals surface area (Å²) < 4.78 is 0. The number of urea groups is 1. The molecule has 0 bridgehead atoms. The summed E-state index contributed by atoms with van der Waals surface area (Å²) in [5.74, 6) is 0. The molecule has 1 fully saturated rings. The second-order valence-corrected chi connectivity index (χ2v) is 6.31. The normalized spacial score (nSPS) is 15.7. The van der Waals surface area contributed by atoms with Crippen LogP contribution < -0.4 is 10.6 Å². The van der Waals surface area contributed by atoms with Gasteiger partial charge in [0.2, 0.25) is 0 Å². The van der Waals surface area contributed by atoms with E-state index in [2.05, 4.69) is 46.8 Å². The molecule has 1 aromatic carbocycles. The molecule has 0 heterocycles. The Morgan fingerprint density at radius 1 is 1.18 bits per heavy atom. The van der Waals surface area contributed by atoms with Crippen molar-refractivity contribution >= 4 is 6.03 Å². The molecule has 1 aromatic rings. The Labute approximate surface area is 134 Å². The minimum Gasteiger partial charge on any atom is -0.338 e. The highest BCUT2D eigenvalue weighted by Crippen LogP contribution is 2.17. The smallest absolute Gasteiger partial charge is 0.315 e. The Morgan fingerprint density at radius 2 is 1.91 bits per heavy atom. The summed E-state index contributed by atoms with van der Waals surface area (Å²) in [6, 6.07) is 10.9. The van der Waals surface area contributed by atoms with E-state index in [1.54, 1.807) is 0 Å². The van der Waals surface area contributed by atoms with Crippen molar-refractivity contribution in [2.75, 3.05) is 20.1 Å². The van der Waals surface area contributed by atoms with Crippen LogP contribution in [0, 0.1) is 0 Å². The highest BCUT2D eigenvalue weighted by molar-refractivity contribution is 5.74. The summed E-state index contributed by atoms with van der Waals surface area (Å²) in [4.78, 5) is 14.1. The zero-order valence-corrected chi connectivity index (χ0v) is 13.7. The van der Waals surface area contributed by atoms with Gasteiger partial charge in [0.1, 0.15) is 0 Å². The Hall–Kier alpha value is -1.55. The first-order valence-corrected chi connectivity index (χ1v) is 8.51. The van der Waals surface area contributed by atoms with Gasteiger partial charge < -0.3 is 15.5 Å². The van der Waals surface area contributed by atoms with Crippen molar-refractivity contribution in [2.45, 2.75) is 51.1 Å². The second kappa shape index (κ2) is 9.46. The van der Waals surface area contributed by atoms with Crippen LogP contribution in [0.15, 0.2) is 30.3 Å². The summed E-state index contributed by atoms with van der Waals surface area (Å²) in [5.41, 5.74) is 1.33. The molecule has 122 valence electrons. The van der Waals surface area contributed by atoms with Gasteiger partial charge in [-0.15, -0.1) is 0 Å². The maximum Gasteiger partial charge on any atom is 0.315 e. The lowest BCUT2D eigenvalue weighted by Gasteiger charge is -2.23. The number of hydrogen-bond acceptors (Lipinski definition) is 2. The zero-order valence-electron chi connectivity index (χ0n) is 13.7. The number of benzene rings is 1. The Kier molecular flexibility index (Phi) is 7.23. The van der Waals surface area contributed by atoms with Gasteiger partial charge in [0.05, 0.1) is 0 Å². The minimum absolute atomic E-state index is 0.00221. The van der Waals surface area contributed by atoms with Crippen molar-refractivity contribution < 1.29 is 4.79 Å². The van der Waals surface area contributed by atoms with Crippen molar-refractivity contribution in [1.29, 1.82) is 0 Å². The lowest BCUT2D eigenvalue weighted by molar-refractivity contribution is 0.231. The SMILES string of the molecule is CN(CCCNC(=O)NC1CCCCC1)Cc1ccccc1. The molecule has 2 amide bonds. The van der Waals surface area contributed by atoms with Crippen LogP contribution in [0.4, 0.5) is 4.79 Å².